The molecule has 0 radical (unpaired) electrons. The largest absolute Gasteiger partial charge is 0.416 e. The number of halogens is 3. The van der Waals surface area contributed by atoms with E-state index >= 15 is 0 Å². The van der Waals surface area contributed by atoms with E-state index in [1.807, 2.05) is 4.90 Å². The van der Waals surface area contributed by atoms with Gasteiger partial charge in [0, 0.05) is 49.1 Å². The highest BCUT2D eigenvalue weighted by Crippen LogP contribution is 2.33. The molecule has 0 unspecified atom stereocenters. The van der Waals surface area contributed by atoms with Gasteiger partial charge >= 0.3 is 6.18 Å². The highest BCUT2D eigenvalue weighted by molar-refractivity contribution is 7.89. The number of hydrogen-bond donors (Lipinski definition) is 1. The molecule has 0 atom stereocenters. The van der Waals surface area contributed by atoms with E-state index in [4.69, 9.17) is 0 Å². The third-order valence-electron chi connectivity index (χ3n) is 6.28. The first kappa shape index (κ1) is 27.7. The monoisotopic (exact) mass is 593 g/mol. The molecular formula is C24H22F3N7O4S2. The van der Waals surface area contributed by atoms with Crippen molar-refractivity contribution >= 4 is 49.1 Å². The third-order valence-corrected chi connectivity index (χ3v) is 9.49. The van der Waals surface area contributed by atoms with Crippen LogP contribution in [0.2, 0.25) is 0 Å². The Balaban J connectivity index is 1.37. The number of benzene rings is 1. The Bertz CT molecular complexity index is 1720. The van der Waals surface area contributed by atoms with E-state index in [-0.39, 0.29) is 33.9 Å². The minimum Gasteiger partial charge on any atom is -0.338 e. The lowest BCUT2D eigenvalue weighted by Gasteiger charge is -2.33. The van der Waals surface area contributed by atoms with Gasteiger partial charge in [-0.2, -0.15) is 17.5 Å². The predicted molar refractivity (Wildman–Crippen MR) is 142 cm³/mol. The van der Waals surface area contributed by atoms with Crippen LogP contribution in [0.3, 0.4) is 0 Å². The molecule has 3 aromatic heterocycles. The number of nitrogens with one attached hydrogen (secondary N) is 1. The lowest BCUT2D eigenvalue weighted by Crippen LogP contribution is -2.49. The van der Waals surface area contributed by atoms with Crippen molar-refractivity contribution in [3.63, 3.8) is 0 Å². The Hall–Kier alpha value is -3.89. The van der Waals surface area contributed by atoms with Gasteiger partial charge in [-0.05, 0) is 37.3 Å². The highest BCUT2D eigenvalue weighted by atomic mass is 32.2. The number of carbonyl (C=O) groups excluding carboxylic acids is 1. The maximum absolute atomic E-state index is 13.7. The van der Waals surface area contributed by atoms with Gasteiger partial charge in [-0.1, -0.05) is 0 Å². The lowest BCUT2D eigenvalue weighted by atomic mass is 10.2. The fourth-order valence-electron chi connectivity index (χ4n) is 4.35. The normalized spacial score (nSPS) is 14.9. The van der Waals surface area contributed by atoms with Crippen molar-refractivity contribution in [3.8, 4) is 0 Å². The molecule has 1 aliphatic rings. The van der Waals surface area contributed by atoms with E-state index in [0.29, 0.717) is 23.9 Å². The molecule has 16 heteroatoms. The van der Waals surface area contributed by atoms with Crippen molar-refractivity contribution in [2.24, 2.45) is 0 Å². The quantitative estimate of drug-likeness (QED) is 0.361. The number of amides is 1. The number of fused-ring (bicyclic) bond motifs is 1. The molecule has 1 saturated heterocycles. The molecule has 1 amide bonds. The number of piperazine rings is 1. The molecule has 11 nitrogen and oxygen atoms in total. The zero-order chi connectivity index (χ0) is 28.7. The summed E-state index contributed by atoms with van der Waals surface area (Å²) in [6.07, 6.45) is -0.165. The van der Waals surface area contributed by atoms with Crippen molar-refractivity contribution < 1.29 is 26.4 Å². The number of aromatic nitrogens is 4. The predicted octanol–water partition coefficient (Wildman–Crippen LogP) is 2.72. The van der Waals surface area contributed by atoms with Gasteiger partial charge in [-0.15, -0.1) is 11.3 Å². The molecule has 1 fully saturated rings. The third kappa shape index (κ3) is 5.41. The number of sulfonamides is 1. The van der Waals surface area contributed by atoms with Gasteiger partial charge < -0.3 is 10.2 Å². The van der Waals surface area contributed by atoms with E-state index in [1.165, 1.54) is 4.31 Å². The van der Waals surface area contributed by atoms with Crippen LogP contribution in [0, 0.1) is 6.92 Å². The number of rotatable bonds is 6. The van der Waals surface area contributed by atoms with Gasteiger partial charge in [0.25, 0.3) is 5.56 Å². The van der Waals surface area contributed by atoms with Crippen molar-refractivity contribution in [1.82, 2.24) is 23.8 Å². The summed E-state index contributed by atoms with van der Waals surface area (Å²) in [5.74, 6) is -0.197. The van der Waals surface area contributed by atoms with Crippen LogP contribution in [0.15, 0.2) is 58.7 Å². The Morgan fingerprint density at radius 3 is 2.33 bits per heavy atom. The van der Waals surface area contributed by atoms with Crippen molar-refractivity contribution in [1.29, 1.82) is 0 Å². The first-order valence-corrected chi connectivity index (χ1v) is 14.2. The number of nitrogens with zero attached hydrogens (tertiary/aromatic N) is 6. The SMILES string of the molecule is Cc1sc2ncn(CC(=O)Nc3ccc(C(F)(F)F)cc3)c(=O)c2c1S(=O)(=O)N1CCN(c2ncccn2)CC1. The van der Waals surface area contributed by atoms with Gasteiger partial charge in [-0.25, -0.2) is 23.4 Å². The molecule has 1 N–H and O–H groups in total. The zero-order valence-electron chi connectivity index (χ0n) is 20.9. The number of aryl methyl sites for hydroxylation is 1. The molecule has 40 heavy (non-hydrogen) atoms. The van der Waals surface area contributed by atoms with Crippen LogP contribution in [-0.4, -0.2) is 64.3 Å². The van der Waals surface area contributed by atoms with Crippen molar-refractivity contribution in [2.75, 3.05) is 36.4 Å². The van der Waals surface area contributed by atoms with Crippen LogP contribution >= 0.6 is 11.3 Å². The average molecular weight is 594 g/mol. The second kappa shape index (κ2) is 10.6. The van der Waals surface area contributed by atoms with Crippen molar-refractivity contribution in [3.05, 3.63) is 69.8 Å². The number of alkyl halides is 3. The minimum absolute atomic E-state index is 0.106. The number of hydrogen-bond acceptors (Lipinski definition) is 9. The highest BCUT2D eigenvalue weighted by Gasteiger charge is 2.34. The summed E-state index contributed by atoms with van der Waals surface area (Å²) in [4.78, 5) is 40.9. The average Bonchev–Trinajstić information content (AvgIpc) is 3.28. The number of thiophene rings is 1. The lowest BCUT2D eigenvalue weighted by molar-refractivity contribution is -0.137. The van der Waals surface area contributed by atoms with Gasteiger partial charge in [0.1, 0.15) is 16.3 Å². The van der Waals surface area contributed by atoms with Gasteiger partial charge in [0.2, 0.25) is 21.9 Å². The molecule has 0 aliphatic carbocycles. The fraction of sp³-hybridized carbons (Fsp3) is 0.292. The summed E-state index contributed by atoms with van der Waals surface area (Å²) in [7, 11) is -4.08. The summed E-state index contributed by atoms with van der Waals surface area (Å²) >= 11 is 1.06. The molecule has 0 bridgehead atoms. The van der Waals surface area contributed by atoms with Gasteiger partial charge in [0.15, 0.2) is 0 Å². The summed E-state index contributed by atoms with van der Waals surface area (Å²) in [5, 5.41) is 2.32. The first-order valence-electron chi connectivity index (χ1n) is 11.9. The smallest absolute Gasteiger partial charge is 0.338 e. The molecule has 5 rings (SSSR count). The molecule has 1 aliphatic heterocycles. The summed E-state index contributed by atoms with van der Waals surface area (Å²) in [5.41, 5.74) is -1.48. The summed E-state index contributed by atoms with van der Waals surface area (Å²) < 4.78 is 68.0. The van der Waals surface area contributed by atoms with E-state index < -0.39 is 39.8 Å². The molecule has 0 spiro atoms. The Morgan fingerprint density at radius 2 is 1.70 bits per heavy atom. The second-order valence-corrected chi connectivity index (χ2v) is 12.0. The van der Waals surface area contributed by atoms with Gasteiger partial charge in [0.05, 0.1) is 17.3 Å². The van der Waals surface area contributed by atoms with E-state index in [9.17, 15) is 31.2 Å². The van der Waals surface area contributed by atoms with Crippen molar-refractivity contribution in [2.45, 2.75) is 24.5 Å². The first-order chi connectivity index (χ1) is 18.9. The van der Waals surface area contributed by atoms with Crippen LogP contribution in [0.1, 0.15) is 10.4 Å². The molecule has 210 valence electrons. The summed E-state index contributed by atoms with van der Waals surface area (Å²) in [6, 6.07) is 5.54. The molecule has 4 aromatic rings. The van der Waals surface area contributed by atoms with E-state index in [2.05, 4.69) is 20.3 Å². The second-order valence-electron chi connectivity index (χ2n) is 8.91. The topological polar surface area (TPSA) is 130 Å². The van der Waals surface area contributed by atoms with E-state index in [0.717, 1.165) is 46.5 Å². The van der Waals surface area contributed by atoms with Crippen LogP contribution in [-0.2, 0) is 27.5 Å². The molecule has 4 heterocycles. The summed E-state index contributed by atoms with van der Waals surface area (Å²) in [6.45, 7) is 2.10. The maximum Gasteiger partial charge on any atom is 0.416 e. The fourth-order valence-corrected chi connectivity index (χ4v) is 7.44. The maximum atomic E-state index is 13.7. The van der Waals surface area contributed by atoms with E-state index in [1.54, 1.807) is 25.4 Å². The van der Waals surface area contributed by atoms with Gasteiger partial charge in [-0.3, -0.25) is 14.2 Å². The molecule has 0 saturated carbocycles. The standard InChI is InChI=1S/C24H22F3N7O4S2/c1-15-20(40(37,38)34-11-9-32(10-12-34)23-28-7-2-8-29-23)19-21(39-15)30-14-33(22(19)36)13-18(35)31-17-5-3-16(4-6-17)24(25,26)27/h2-8,14H,9-13H2,1H3,(H,31,35). The van der Waals surface area contributed by atoms with Crippen LogP contribution < -0.4 is 15.8 Å². The minimum atomic E-state index is -4.52. The Kier molecular flexibility index (Phi) is 7.32. The van der Waals surface area contributed by atoms with Crippen LogP contribution in [0.25, 0.3) is 10.2 Å². The Morgan fingerprint density at radius 1 is 1.05 bits per heavy atom. The van der Waals surface area contributed by atoms with Crippen LogP contribution in [0.5, 0.6) is 0 Å². The Labute approximate surface area is 230 Å². The number of anilines is 2. The molecule has 1 aromatic carbocycles. The van der Waals surface area contributed by atoms with Crippen LogP contribution in [0.4, 0.5) is 24.8 Å². The molecular weight excluding hydrogens is 571 g/mol. The number of carbonyl (C=O) groups is 1. The zero-order valence-corrected chi connectivity index (χ0v) is 22.6.